The van der Waals surface area contributed by atoms with E-state index in [9.17, 15) is 24.0 Å². The minimum atomic E-state index is -0.708. The van der Waals surface area contributed by atoms with Crippen LogP contribution >= 0.6 is 0 Å². The van der Waals surface area contributed by atoms with Crippen molar-refractivity contribution in [1.29, 1.82) is 0 Å². The van der Waals surface area contributed by atoms with Crippen LogP contribution in [0.4, 0.5) is 5.82 Å². The third-order valence-corrected chi connectivity index (χ3v) is 3.94. The lowest BCUT2D eigenvalue weighted by atomic mass is 10.0. The van der Waals surface area contributed by atoms with E-state index in [2.05, 4.69) is 5.32 Å². The van der Waals surface area contributed by atoms with Gasteiger partial charge in [-0.2, -0.15) is 0 Å². The lowest BCUT2D eigenvalue weighted by molar-refractivity contribution is 0.0878. The largest absolute Gasteiger partial charge is 0.384 e. The van der Waals surface area contributed by atoms with Crippen molar-refractivity contribution in [3.8, 4) is 5.69 Å². The molecule has 1 aromatic carbocycles. The molecule has 0 saturated heterocycles. The fourth-order valence-electron chi connectivity index (χ4n) is 2.69. The number of anilines is 1. The summed E-state index contributed by atoms with van der Waals surface area (Å²) in [6.45, 7) is 2.65. The molecule has 0 fully saturated rings. The molecule has 2 amide bonds. The molecule has 2 heterocycles. The highest BCUT2D eigenvalue weighted by molar-refractivity contribution is 6.23. The topological polar surface area (TPSA) is 128 Å². The van der Waals surface area contributed by atoms with Crippen LogP contribution in [0.15, 0.2) is 29.1 Å². The molecule has 8 nitrogen and oxygen atoms in total. The highest BCUT2D eigenvalue weighted by Crippen LogP contribution is 2.24. The van der Waals surface area contributed by atoms with Crippen LogP contribution in [0.2, 0.25) is 0 Å². The number of nitrogens with two attached hydrogens (primary N) is 1. The van der Waals surface area contributed by atoms with Gasteiger partial charge in [-0.25, -0.2) is 0 Å². The maximum Gasteiger partial charge on any atom is 0.262 e. The standard InChI is InChI=1S/C17H13N3O5/c1-7(21)9-3-10(8(2)22)5-11(4-9)20-13(23)6-12-14(15(20)18)17(25)19-16(12)24/h3-6H,18H2,1-2H3,(H,19,24,25). The number of rotatable bonds is 3. The second-order valence-corrected chi connectivity index (χ2v) is 5.66. The molecular formula is C17H13N3O5. The minimum absolute atomic E-state index is 0.0988. The predicted molar refractivity (Wildman–Crippen MR) is 88.3 cm³/mol. The van der Waals surface area contributed by atoms with Crippen molar-refractivity contribution >= 4 is 29.2 Å². The summed E-state index contributed by atoms with van der Waals surface area (Å²) in [7, 11) is 0. The number of imide groups is 1. The van der Waals surface area contributed by atoms with E-state index in [0.29, 0.717) is 0 Å². The number of hydrogen-bond acceptors (Lipinski definition) is 6. The fraction of sp³-hybridized carbons (Fsp3) is 0.118. The molecule has 0 saturated carbocycles. The molecule has 8 heteroatoms. The van der Waals surface area contributed by atoms with Gasteiger partial charge < -0.3 is 5.73 Å². The van der Waals surface area contributed by atoms with E-state index in [0.717, 1.165) is 10.6 Å². The van der Waals surface area contributed by atoms with Crippen LogP contribution in [0, 0.1) is 0 Å². The number of hydrogen-bond donors (Lipinski definition) is 2. The van der Waals surface area contributed by atoms with Crippen LogP contribution < -0.4 is 16.6 Å². The van der Waals surface area contributed by atoms with Gasteiger partial charge in [0, 0.05) is 17.2 Å². The number of carbonyl (C=O) groups is 4. The van der Waals surface area contributed by atoms with Crippen LogP contribution in [0.5, 0.6) is 0 Å². The Hall–Kier alpha value is -3.55. The van der Waals surface area contributed by atoms with E-state index in [-0.39, 0.29) is 45.3 Å². The van der Waals surface area contributed by atoms with Gasteiger partial charge in [-0.05, 0) is 32.0 Å². The zero-order valence-electron chi connectivity index (χ0n) is 13.4. The highest BCUT2D eigenvalue weighted by atomic mass is 16.2. The molecule has 126 valence electrons. The normalized spacial score (nSPS) is 12.7. The number of ketones is 2. The first-order valence-electron chi connectivity index (χ1n) is 7.29. The molecule has 1 aliphatic rings. The quantitative estimate of drug-likeness (QED) is 0.626. The van der Waals surface area contributed by atoms with Gasteiger partial charge in [-0.1, -0.05) is 0 Å². The van der Waals surface area contributed by atoms with Crippen LogP contribution in [-0.4, -0.2) is 27.9 Å². The number of benzene rings is 1. The van der Waals surface area contributed by atoms with Gasteiger partial charge in [0.15, 0.2) is 11.6 Å². The first kappa shape index (κ1) is 16.3. The number of nitrogens with zero attached hydrogens (tertiary/aromatic N) is 1. The summed E-state index contributed by atoms with van der Waals surface area (Å²) in [6, 6.07) is 5.21. The van der Waals surface area contributed by atoms with Gasteiger partial charge >= 0.3 is 0 Å². The number of carbonyl (C=O) groups excluding carboxylic acids is 4. The molecule has 3 rings (SSSR count). The molecule has 0 bridgehead atoms. The average molecular weight is 339 g/mol. The van der Waals surface area contributed by atoms with Crippen molar-refractivity contribution in [3.63, 3.8) is 0 Å². The van der Waals surface area contributed by atoms with Crippen LogP contribution in [0.1, 0.15) is 55.3 Å². The maximum absolute atomic E-state index is 12.4. The Kier molecular flexibility index (Phi) is 3.60. The molecular weight excluding hydrogens is 326 g/mol. The lowest BCUT2D eigenvalue weighted by Gasteiger charge is -2.13. The Labute approximate surface area is 141 Å². The molecule has 1 aliphatic heterocycles. The first-order chi connectivity index (χ1) is 11.7. The van der Waals surface area contributed by atoms with E-state index < -0.39 is 17.4 Å². The van der Waals surface area contributed by atoms with Crippen molar-refractivity contribution in [2.24, 2.45) is 0 Å². The third kappa shape index (κ3) is 2.53. The van der Waals surface area contributed by atoms with E-state index in [4.69, 9.17) is 5.73 Å². The third-order valence-electron chi connectivity index (χ3n) is 3.94. The maximum atomic E-state index is 12.4. The number of amides is 2. The SMILES string of the molecule is CC(=O)c1cc(C(C)=O)cc(-n2c(N)c3c(cc2=O)C(=O)NC3=O)c1. The summed E-state index contributed by atoms with van der Waals surface area (Å²) in [5.41, 5.74) is 5.69. The Morgan fingerprint density at radius 2 is 1.48 bits per heavy atom. The molecule has 0 radical (unpaired) electrons. The summed E-state index contributed by atoms with van der Waals surface area (Å²) in [5.74, 6) is -2.24. The Morgan fingerprint density at radius 3 is 2.00 bits per heavy atom. The summed E-state index contributed by atoms with van der Waals surface area (Å²) in [5, 5.41) is 2.07. The van der Waals surface area contributed by atoms with Gasteiger partial charge in [0.25, 0.3) is 17.4 Å². The van der Waals surface area contributed by atoms with Crippen molar-refractivity contribution in [3.05, 3.63) is 56.9 Å². The predicted octanol–water partition coefficient (Wildman–Crippen LogP) is 0.709. The average Bonchev–Trinajstić information content (AvgIpc) is 2.81. The molecule has 0 spiro atoms. The fourth-order valence-corrected chi connectivity index (χ4v) is 2.69. The van der Waals surface area contributed by atoms with Crippen molar-refractivity contribution < 1.29 is 19.2 Å². The van der Waals surface area contributed by atoms with E-state index in [1.54, 1.807) is 0 Å². The lowest BCUT2D eigenvalue weighted by Crippen LogP contribution is -2.24. The second kappa shape index (κ2) is 5.52. The number of Topliss-reactive ketones (excluding diaryl/α,β-unsaturated/α-hetero) is 2. The molecule has 0 unspecified atom stereocenters. The zero-order valence-corrected chi connectivity index (χ0v) is 13.4. The van der Waals surface area contributed by atoms with Gasteiger partial charge in [0.2, 0.25) is 0 Å². The van der Waals surface area contributed by atoms with E-state index >= 15 is 0 Å². The van der Waals surface area contributed by atoms with Gasteiger partial charge in [-0.15, -0.1) is 0 Å². The van der Waals surface area contributed by atoms with Crippen molar-refractivity contribution in [2.45, 2.75) is 13.8 Å². The summed E-state index contributed by atoms with van der Waals surface area (Å²) in [6.07, 6.45) is 0. The van der Waals surface area contributed by atoms with Crippen LogP contribution in [-0.2, 0) is 0 Å². The molecule has 1 aromatic heterocycles. The van der Waals surface area contributed by atoms with Crippen LogP contribution in [0.3, 0.4) is 0 Å². The Morgan fingerprint density at radius 1 is 0.920 bits per heavy atom. The number of nitrogens with one attached hydrogen (secondary N) is 1. The smallest absolute Gasteiger partial charge is 0.262 e. The highest BCUT2D eigenvalue weighted by Gasteiger charge is 2.32. The number of pyridine rings is 1. The molecule has 2 aromatic rings. The van der Waals surface area contributed by atoms with E-state index in [1.807, 2.05) is 0 Å². The van der Waals surface area contributed by atoms with Crippen molar-refractivity contribution in [1.82, 2.24) is 9.88 Å². The minimum Gasteiger partial charge on any atom is -0.384 e. The monoisotopic (exact) mass is 339 g/mol. The van der Waals surface area contributed by atoms with E-state index in [1.165, 1.54) is 32.0 Å². The number of fused-ring (bicyclic) bond motifs is 1. The van der Waals surface area contributed by atoms with Crippen LogP contribution in [0.25, 0.3) is 5.69 Å². The summed E-state index contributed by atoms with van der Waals surface area (Å²) in [4.78, 5) is 59.5. The second-order valence-electron chi connectivity index (χ2n) is 5.66. The molecule has 0 aliphatic carbocycles. The van der Waals surface area contributed by atoms with Gasteiger partial charge in [-0.3, -0.25) is 33.9 Å². The van der Waals surface area contributed by atoms with Gasteiger partial charge in [0.1, 0.15) is 5.82 Å². The zero-order chi connectivity index (χ0) is 18.5. The van der Waals surface area contributed by atoms with Crippen molar-refractivity contribution in [2.75, 3.05) is 5.73 Å². The number of aromatic nitrogens is 1. The first-order valence-corrected chi connectivity index (χ1v) is 7.29. The summed E-state index contributed by atoms with van der Waals surface area (Å²) < 4.78 is 0.996. The Bertz CT molecular complexity index is 1020. The Balaban J connectivity index is 2.35. The molecule has 0 atom stereocenters. The van der Waals surface area contributed by atoms with Gasteiger partial charge in [0.05, 0.1) is 16.8 Å². The molecule has 25 heavy (non-hydrogen) atoms. The number of nitrogen functional groups attached to an aromatic ring is 1. The summed E-state index contributed by atoms with van der Waals surface area (Å²) >= 11 is 0. The molecule has 3 N–H and O–H groups in total.